The van der Waals surface area contributed by atoms with E-state index in [1.807, 2.05) is 24.3 Å². The average molecular weight is 372 g/mol. The number of carbonyl (C=O) groups excluding carboxylic acids is 1. The number of nitrogens with zero attached hydrogens (tertiary/aromatic N) is 2. The van der Waals surface area contributed by atoms with Gasteiger partial charge in [0.15, 0.2) is 0 Å². The summed E-state index contributed by atoms with van der Waals surface area (Å²) in [5, 5.41) is 7.54. The van der Waals surface area contributed by atoms with Gasteiger partial charge in [-0.25, -0.2) is 4.68 Å². The van der Waals surface area contributed by atoms with E-state index in [1.165, 1.54) is 0 Å². The molecule has 0 fully saturated rings. The molecule has 0 atom stereocenters. The molecule has 1 aromatic heterocycles. The molecular formula is C19H18ClN3O3. The predicted octanol–water partition coefficient (Wildman–Crippen LogP) is 3.97. The number of carbonyl (C=O) groups is 1. The largest absolute Gasteiger partial charge is 0.489 e. The number of aromatic nitrogens is 2. The van der Waals surface area contributed by atoms with Crippen LogP contribution in [0.5, 0.6) is 5.75 Å². The van der Waals surface area contributed by atoms with Gasteiger partial charge in [0.05, 0.1) is 18.1 Å². The van der Waals surface area contributed by atoms with Crippen LogP contribution in [0.25, 0.3) is 0 Å². The second-order valence-corrected chi connectivity index (χ2v) is 6.02. The number of ether oxygens (including phenoxy) is 2. The van der Waals surface area contributed by atoms with E-state index >= 15 is 0 Å². The van der Waals surface area contributed by atoms with E-state index in [9.17, 15) is 4.79 Å². The zero-order valence-corrected chi connectivity index (χ0v) is 14.9. The lowest BCUT2D eigenvalue weighted by Gasteiger charge is -2.07. The van der Waals surface area contributed by atoms with E-state index < -0.39 is 0 Å². The van der Waals surface area contributed by atoms with Crippen LogP contribution in [0.1, 0.15) is 15.9 Å². The maximum atomic E-state index is 12.3. The summed E-state index contributed by atoms with van der Waals surface area (Å²) < 4.78 is 12.3. The van der Waals surface area contributed by atoms with Crippen LogP contribution in [0.15, 0.2) is 60.9 Å². The Hall–Kier alpha value is -2.83. The number of rotatable bonds is 7. The first kappa shape index (κ1) is 18.0. The fourth-order valence-corrected chi connectivity index (χ4v) is 2.41. The number of hydrogen-bond donors (Lipinski definition) is 1. The number of amides is 1. The molecule has 3 rings (SSSR count). The summed E-state index contributed by atoms with van der Waals surface area (Å²) in [5.74, 6) is 0.538. The van der Waals surface area contributed by atoms with Gasteiger partial charge >= 0.3 is 0 Å². The highest BCUT2D eigenvalue weighted by atomic mass is 35.5. The minimum absolute atomic E-state index is 0.202. The fourth-order valence-electron chi connectivity index (χ4n) is 2.28. The van der Waals surface area contributed by atoms with Crippen molar-refractivity contribution in [3.63, 3.8) is 0 Å². The summed E-state index contributed by atoms with van der Waals surface area (Å²) in [4.78, 5) is 12.3. The van der Waals surface area contributed by atoms with Gasteiger partial charge in [-0.05, 0) is 42.0 Å². The van der Waals surface area contributed by atoms with Crippen LogP contribution in [0, 0.1) is 0 Å². The molecule has 0 aliphatic rings. The number of nitrogens with one attached hydrogen (secondary N) is 1. The second kappa shape index (κ2) is 8.51. The molecule has 134 valence electrons. The number of methoxy groups -OCH3 is 1. The molecule has 0 spiro atoms. The zero-order valence-electron chi connectivity index (χ0n) is 14.2. The molecular weight excluding hydrogens is 354 g/mol. The van der Waals surface area contributed by atoms with E-state index in [4.69, 9.17) is 21.1 Å². The van der Waals surface area contributed by atoms with Gasteiger partial charge in [-0.2, -0.15) is 5.10 Å². The Kier molecular flexibility index (Phi) is 5.88. The maximum Gasteiger partial charge on any atom is 0.255 e. The molecule has 6 nitrogen and oxygen atoms in total. The van der Waals surface area contributed by atoms with Gasteiger partial charge in [-0.3, -0.25) is 4.79 Å². The summed E-state index contributed by atoms with van der Waals surface area (Å²) in [6, 6.07) is 14.4. The molecule has 1 amide bonds. The molecule has 0 saturated heterocycles. The van der Waals surface area contributed by atoms with Crippen LogP contribution < -0.4 is 10.1 Å². The molecule has 3 aromatic rings. The first-order valence-corrected chi connectivity index (χ1v) is 8.32. The Morgan fingerprint density at radius 3 is 2.58 bits per heavy atom. The average Bonchev–Trinajstić information content (AvgIpc) is 3.09. The Labute approximate surface area is 156 Å². The summed E-state index contributed by atoms with van der Waals surface area (Å²) in [6.45, 7) is 0.742. The fraction of sp³-hybridized carbons (Fsp3) is 0.158. The highest BCUT2D eigenvalue weighted by Crippen LogP contribution is 2.17. The topological polar surface area (TPSA) is 65.4 Å². The van der Waals surface area contributed by atoms with Gasteiger partial charge in [0.1, 0.15) is 19.1 Å². The van der Waals surface area contributed by atoms with Crippen LogP contribution in [0.4, 0.5) is 5.69 Å². The zero-order chi connectivity index (χ0) is 18.4. The van der Waals surface area contributed by atoms with Crippen molar-refractivity contribution in [1.82, 2.24) is 9.78 Å². The number of hydrogen-bond acceptors (Lipinski definition) is 4. The van der Waals surface area contributed by atoms with Crippen molar-refractivity contribution in [3.05, 3.63) is 77.1 Å². The summed E-state index contributed by atoms with van der Waals surface area (Å²) in [7, 11) is 1.58. The third-order valence-electron chi connectivity index (χ3n) is 3.59. The molecule has 0 bridgehead atoms. The SMILES string of the molecule is COCn1cc(NC(=O)c2ccc(COc3ccc(Cl)cc3)cc2)cn1. The number of halogens is 1. The Morgan fingerprint density at radius 2 is 1.88 bits per heavy atom. The minimum Gasteiger partial charge on any atom is -0.489 e. The van der Waals surface area contributed by atoms with E-state index in [-0.39, 0.29) is 5.91 Å². The monoisotopic (exact) mass is 371 g/mol. The molecule has 1 heterocycles. The molecule has 0 saturated carbocycles. The summed E-state index contributed by atoms with van der Waals surface area (Å²) in [5.41, 5.74) is 2.13. The standard InChI is InChI=1S/C19H18ClN3O3/c1-25-13-23-11-17(10-21-23)22-19(24)15-4-2-14(3-5-15)12-26-18-8-6-16(20)7-9-18/h2-11H,12-13H2,1H3,(H,22,24). The van der Waals surface area contributed by atoms with Crippen LogP contribution in [-0.2, 0) is 18.1 Å². The molecule has 0 aliphatic heterocycles. The van der Waals surface area contributed by atoms with Crippen molar-refractivity contribution in [2.75, 3.05) is 12.4 Å². The normalized spacial score (nSPS) is 10.5. The lowest BCUT2D eigenvalue weighted by Crippen LogP contribution is -2.11. The van der Waals surface area contributed by atoms with Crippen molar-refractivity contribution in [2.45, 2.75) is 13.3 Å². The maximum absolute atomic E-state index is 12.3. The van der Waals surface area contributed by atoms with Gasteiger partial charge in [-0.1, -0.05) is 23.7 Å². The van der Waals surface area contributed by atoms with Crippen LogP contribution >= 0.6 is 11.6 Å². The van der Waals surface area contributed by atoms with Crippen molar-refractivity contribution >= 4 is 23.2 Å². The van der Waals surface area contributed by atoms with E-state index in [2.05, 4.69) is 10.4 Å². The van der Waals surface area contributed by atoms with E-state index in [0.29, 0.717) is 29.6 Å². The molecule has 0 aliphatic carbocycles. The van der Waals surface area contributed by atoms with Gasteiger partial charge < -0.3 is 14.8 Å². The first-order valence-electron chi connectivity index (χ1n) is 7.94. The van der Waals surface area contributed by atoms with Crippen molar-refractivity contribution in [1.29, 1.82) is 0 Å². The molecule has 1 N–H and O–H groups in total. The lowest BCUT2D eigenvalue weighted by atomic mass is 10.1. The summed E-state index contributed by atoms with van der Waals surface area (Å²) in [6.07, 6.45) is 3.28. The molecule has 26 heavy (non-hydrogen) atoms. The van der Waals surface area contributed by atoms with Gasteiger partial charge in [0, 0.05) is 17.7 Å². The third-order valence-corrected chi connectivity index (χ3v) is 3.84. The first-order chi connectivity index (χ1) is 12.6. The van der Waals surface area contributed by atoms with Crippen LogP contribution in [0.3, 0.4) is 0 Å². The smallest absolute Gasteiger partial charge is 0.255 e. The van der Waals surface area contributed by atoms with Crippen molar-refractivity contribution < 1.29 is 14.3 Å². The number of benzene rings is 2. The Morgan fingerprint density at radius 1 is 1.15 bits per heavy atom. The van der Waals surface area contributed by atoms with E-state index in [0.717, 1.165) is 11.3 Å². The lowest BCUT2D eigenvalue weighted by molar-refractivity contribution is 0.102. The third kappa shape index (κ3) is 4.84. The van der Waals surface area contributed by atoms with Gasteiger partial charge in [0.2, 0.25) is 0 Å². The second-order valence-electron chi connectivity index (χ2n) is 5.58. The van der Waals surface area contributed by atoms with Crippen LogP contribution in [0.2, 0.25) is 5.02 Å². The van der Waals surface area contributed by atoms with Gasteiger partial charge in [-0.15, -0.1) is 0 Å². The highest BCUT2D eigenvalue weighted by Gasteiger charge is 2.08. The molecule has 0 radical (unpaired) electrons. The highest BCUT2D eigenvalue weighted by molar-refractivity contribution is 6.30. The summed E-state index contributed by atoms with van der Waals surface area (Å²) >= 11 is 5.85. The van der Waals surface area contributed by atoms with Crippen molar-refractivity contribution in [2.24, 2.45) is 0 Å². The predicted molar refractivity (Wildman–Crippen MR) is 99.4 cm³/mol. The Balaban J connectivity index is 1.55. The Bertz CT molecular complexity index is 860. The van der Waals surface area contributed by atoms with E-state index in [1.54, 1.807) is 48.5 Å². The minimum atomic E-state index is -0.202. The molecule has 7 heteroatoms. The number of anilines is 1. The molecule has 0 unspecified atom stereocenters. The van der Waals surface area contributed by atoms with Crippen LogP contribution in [-0.4, -0.2) is 22.8 Å². The van der Waals surface area contributed by atoms with Crippen molar-refractivity contribution in [3.8, 4) is 5.75 Å². The molecule has 2 aromatic carbocycles. The van der Waals surface area contributed by atoms with Gasteiger partial charge in [0.25, 0.3) is 5.91 Å². The quantitative estimate of drug-likeness (QED) is 0.682.